The zero-order valence-corrected chi connectivity index (χ0v) is 17.7. The van der Waals surface area contributed by atoms with Crippen LogP contribution in [0.15, 0.2) is 48.0 Å². The van der Waals surface area contributed by atoms with Crippen molar-refractivity contribution in [2.45, 2.75) is 57.1 Å². The first-order valence-corrected chi connectivity index (χ1v) is 10.3. The van der Waals surface area contributed by atoms with Crippen molar-refractivity contribution in [3.05, 3.63) is 64.7 Å². The lowest BCUT2D eigenvalue weighted by Crippen LogP contribution is -2.63. The van der Waals surface area contributed by atoms with Crippen LogP contribution in [-0.4, -0.2) is 18.5 Å². The smallest absolute Gasteiger partial charge is 0.169 e. The molecule has 0 bridgehead atoms. The molecule has 9 heteroatoms. The average Bonchev–Trinajstić information content (AvgIpc) is 3.10. The van der Waals surface area contributed by atoms with Gasteiger partial charge in [0.25, 0.3) is 5.41 Å². The molecular formula is C24H21F9. The Kier molecular flexibility index (Phi) is 6.41. The van der Waals surface area contributed by atoms with E-state index in [0.717, 1.165) is 41.7 Å². The lowest BCUT2D eigenvalue weighted by atomic mass is 9.77. The van der Waals surface area contributed by atoms with E-state index in [1.165, 1.54) is 0 Å². The molecule has 2 aromatic rings. The minimum absolute atomic E-state index is 0.233. The Balaban J connectivity index is 2.11. The molecule has 0 aliphatic heterocycles. The fraction of sp³-hybridized carbons (Fsp3) is 0.417. The molecule has 0 saturated heterocycles. The molecule has 0 radical (unpaired) electrons. The van der Waals surface area contributed by atoms with Crippen LogP contribution in [-0.2, 0) is 11.8 Å². The van der Waals surface area contributed by atoms with Gasteiger partial charge in [0.2, 0.25) is 0 Å². The van der Waals surface area contributed by atoms with Gasteiger partial charge in [-0.15, -0.1) is 0 Å². The van der Waals surface area contributed by atoms with E-state index in [2.05, 4.69) is 13.8 Å². The molecule has 0 aromatic heterocycles. The number of hydrogen-bond acceptors (Lipinski definition) is 0. The van der Waals surface area contributed by atoms with Gasteiger partial charge in [-0.1, -0.05) is 74.4 Å². The number of fused-ring (bicyclic) bond motifs is 1. The Hall–Kier alpha value is -2.45. The van der Waals surface area contributed by atoms with Crippen molar-refractivity contribution in [2.75, 3.05) is 0 Å². The molecule has 33 heavy (non-hydrogen) atoms. The molecule has 1 unspecified atom stereocenters. The van der Waals surface area contributed by atoms with Crippen LogP contribution in [0.3, 0.4) is 0 Å². The number of halogens is 9. The summed E-state index contributed by atoms with van der Waals surface area (Å²) in [6.07, 6.45) is -15.4. The van der Waals surface area contributed by atoms with Gasteiger partial charge in [0.05, 0.1) is 0 Å². The SMILES string of the molecule is CCCC(C)C1=Cc2c(cccc2-c2ccc(C(C(F)(F)F)(C(F)(F)F)C(F)(F)F)cc2)C1. The maximum absolute atomic E-state index is 13.4. The largest absolute Gasteiger partial charge is 0.416 e. The Morgan fingerprint density at radius 1 is 0.788 bits per heavy atom. The summed E-state index contributed by atoms with van der Waals surface area (Å²) >= 11 is 0. The van der Waals surface area contributed by atoms with E-state index in [1.807, 2.05) is 12.1 Å². The summed E-state index contributed by atoms with van der Waals surface area (Å²) in [4.78, 5) is 0. The second-order valence-electron chi connectivity index (χ2n) is 8.28. The number of allylic oxidation sites excluding steroid dienone is 1. The third kappa shape index (κ3) is 4.15. The Morgan fingerprint density at radius 2 is 1.33 bits per heavy atom. The van der Waals surface area contributed by atoms with Crippen molar-refractivity contribution in [3.8, 4) is 11.1 Å². The summed E-state index contributed by atoms with van der Waals surface area (Å²) in [7, 11) is 0. The summed E-state index contributed by atoms with van der Waals surface area (Å²) < 4.78 is 121. The monoisotopic (exact) mass is 480 g/mol. The molecule has 180 valence electrons. The Labute approximate surface area is 185 Å². The third-order valence-electron chi connectivity index (χ3n) is 6.18. The van der Waals surface area contributed by atoms with Crippen LogP contribution in [0.1, 0.15) is 43.4 Å². The number of hydrogen-bond donors (Lipinski definition) is 0. The van der Waals surface area contributed by atoms with Crippen LogP contribution < -0.4 is 0 Å². The maximum Gasteiger partial charge on any atom is 0.416 e. The molecule has 1 aliphatic rings. The van der Waals surface area contributed by atoms with E-state index in [9.17, 15) is 39.5 Å². The molecule has 1 aliphatic carbocycles. The first-order valence-electron chi connectivity index (χ1n) is 10.3. The first-order chi connectivity index (χ1) is 15.1. The zero-order valence-electron chi connectivity index (χ0n) is 17.7. The molecule has 0 N–H and O–H groups in total. The van der Waals surface area contributed by atoms with Crippen molar-refractivity contribution in [1.82, 2.24) is 0 Å². The molecule has 0 spiro atoms. The van der Waals surface area contributed by atoms with E-state index in [-0.39, 0.29) is 17.7 Å². The molecule has 0 nitrogen and oxygen atoms in total. The van der Waals surface area contributed by atoms with Crippen molar-refractivity contribution in [3.63, 3.8) is 0 Å². The number of rotatable bonds is 5. The van der Waals surface area contributed by atoms with Gasteiger partial charge in [0, 0.05) is 0 Å². The Bertz CT molecular complexity index is 986. The average molecular weight is 480 g/mol. The van der Waals surface area contributed by atoms with Gasteiger partial charge in [-0.2, -0.15) is 39.5 Å². The van der Waals surface area contributed by atoms with E-state index >= 15 is 0 Å². The fourth-order valence-corrected chi connectivity index (χ4v) is 4.45. The zero-order chi connectivity index (χ0) is 24.8. The van der Waals surface area contributed by atoms with E-state index in [1.54, 1.807) is 12.1 Å². The molecule has 0 fully saturated rings. The minimum Gasteiger partial charge on any atom is -0.169 e. The summed E-state index contributed by atoms with van der Waals surface area (Å²) in [5.74, 6) is 0.295. The van der Waals surface area contributed by atoms with Crippen LogP contribution in [0.4, 0.5) is 39.5 Å². The summed E-state index contributed by atoms with van der Waals surface area (Å²) in [5.41, 5.74) is -4.25. The van der Waals surface area contributed by atoms with Crippen LogP contribution in [0.25, 0.3) is 17.2 Å². The van der Waals surface area contributed by atoms with Gasteiger partial charge in [0.1, 0.15) is 0 Å². The van der Waals surface area contributed by atoms with Crippen molar-refractivity contribution >= 4 is 6.08 Å². The summed E-state index contributed by atoms with van der Waals surface area (Å²) in [6.45, 7) is 4.12. The number of benzene rings is 2. The highest BCUT2D eigenvalue weighted by Crippen LogP contribution is 2.60. The molecule has 0 amide bonds. The standard InChI is InChI=1S/C24H21F9/c1-3-5-14(2)17-12-16-6-4-7-19(20(16)13-17)15-8-10-18(11-9-15)21(22(25,26)27,23(28,29)30)24(31,32)33/h4,6-11,13-14H,3,5,12H2,1-2H3. The first kappa shape index (κ1) is 25.2. The molecule has 2 aromatic carbocycles. The van der Waals surface area contributed by atoms with Gasteiger partial charge in [-0.05, 0) is 46.6 Å². The van der Waals surface area contributed by atoms with Crippen LogP contribution in [0.2, 0.25) is 0 Å². The van der Waals surface area contributed by atoms with Gasteiger partial charge in [0.15, 0.2) is 0 Å². The van der Waals surface area contributed by atoms with Crippen LogP contribution in [0.5, 0.6) is 0 Å². The molecular weight excluding hydrogens is 459 g/mol. The lowest BCUT2D eigenvalue weighted by Gasteiger charge is -2.38. The van der Waals surface area contributed by atoms with Gasteiger partial charge < -0.3 is 0 Å². The molecule has 1 atom stereocenters. The van der Waals surface area contributed by atoms with Gasteiger partial charge in [-0.3, -0.25) is 0 Å². The van der Waals surface area contributed by atoms with E-state index in [0.29, 0.717) is 17.9 Å². The summed E-state index contributed by atoms with van der Waals surface area (Å²) in [6, 6.07) is 7.51. The normalized spacial score (nSPS) is 15.9. The highest BCUT2D eigenvalue weighted by Gasteiger charge is 2.84. The van der Waals surface area contributed by atoms with Crippen LogP contribution in [0, 0.1) is 5.92 Å². The minimum atomic E-state index is -6.63. The Morgan fingerprint density at radius 3 is 1.82 bits per heavy atom. The predicted molar refractivity (Wildman–Crippen MR) is 107 cm³/mol. The summed E-state index contributed by atoms with van der Waals surface area (Å²) in [5, 5.41) is 0. The van der Waals surface area contributed by atoms with Gasteiger partial charge >= 0.3 is 18.5 Å². The lowest BCUT2D eigenvalue weighted by molar-refractivity contribution is -0.387. The van der Waals surface area contributed by atoms with E-state index in [4.69, 9.17) is 0 Å². The quantitative estimate of drug-likeness (QED) is 0.376. The van der Waals surface area contributed by atoms with Gasteiger partial charge in [-0.25, -0.2) is 0 Å². The highest BCUT2D eigenvalue weighted by atomic mass is 19.4. The fourth-order valence-electron chi connectivity index (χ4n) is 4.45. The van der Waals surface area contributed by atoms with Crippen LogP contribution >= 0.6 is 0 Å². The third-order valence-corrected chi connectivity index (χ3v) is 6.18. The maximum atomic E-state index is 13.4. The molecule has 3 rings (SSSR count). The van der Waals surface area contributed by atoms with E-state index < -0.39 is 29.5 Å². The number of alkyl halides is 9. The molecule has 0 heterocycles. The molecule has 0 saturated carbocycles. The van der Waals surface area contributed by atoms with Crippen molar-refractivity contribution in [2.24, 2.45) is 5.92 Å². The van der Waals surface area contributed by atoms with Crippen molar-refractivity contribution < 1.29 is 39.5 Å². The topological polar surface area (TPSA) is 0 Å². The second-order valence-corrected chi connectivity index (χ2v) is 8.28. The predicted octanol–water partition coefficient (Wildman–Crippen LogP) is 8.65. The second kappa shape index (κ2) is 8.40. The highest BCUT2D eigenvalue weighted by molar-refractivity contribution is 5.81. The van der Waals surface area contributed by atoms with Crippen molar-refractivity contribution in [1.29, 1.82) is 0 Å².